The van der Waals surface area contributed by atoms with Crippen LogP contribution in [-0.4, -0.2) is 52.3 Å². The average molecular weight is 407 g/mol. The number of carbonyl (C=O) groups is 2. The van der Waals surface area contributed by atoms with E-state index in [-0.39, 0.29) is 17.3 Å². The van der Waals surface area contributed by atoms with Gasteiger partial charge < -0.3 is 19.4 Å². The Labute approximate surface area is 173 Å². The SMILES string of the molecule is C=C/C=C(\C)C(CCN(C)C(=O)OC(C)(C)C)NC(=O)c1nnc(C(C)(C)C)o1. The smallest absolute Gasteiger partial charge is 0.410 e. The number of allylic oxidation sites excluding steroid dienone is 2. The maximum Gasteiger partial charge on any atom is 0.410 e. The van der Waals surface area contributed by atoms with E-state index in [1.165, 1.54) is 4.90 Å². The number of carbonyl (C=O) groups excluding carboxylic acids is 2. The van der Waals surface area contributed by atoms with Gasteiger partial charge in [-0.2, -0.15) is 0 Å². The van der Waals surface area contributed by atoms with Gasteiger partial charge in [0.25, 0.3) is 0 Å². The third kappa shape index (κ3) is 8.09. The lowest BCUT2D eigenvalue weighted by Gasteiger charge is -2.26. The van der Waals surface area contributed by atoms with Gasteiger partial charge in [-0.25, -0.2) is 4.79 Å². The topological polar surface area (TPSA) is 97.6 Å². The maximum absolute atomic E-state index is 12.6. The van der Waals surface area contributed by atoms with Crippen LogP contribution in [0.15, 0.2) is 28.7 Å². The summed E-state index contributed by atoms with van der Waals surface area (Å²) in [7, 11) is 1.66. The molecule has 29 heavy (non-hydrogen) atoms. The second-order valence-electron chi connectivity index (χ2n) is 9.03. The minimum atomic E-state index is -0.569. The summed E-state index contributed by atoms with van der Waals surface area (Å²) in [5, 5.41) is 10.7. The molecule has 1 atom stereocenters. The maximum atomic E-state index is 12.6. The number of amides is 2. The molecule has 1 N–H and O–H groups in total. The lowest BCUT2D eigenvalue weighted by molar-refractivity contribution is 0.0295. The van der Waals surface area contributed by atoms with Crippen LogP contribution in [0, 0.1) is 0 Å². The van der Waals surface area contributed by atoms with E-state index >= 15 is 0 Å². The molecule has 162 valence electrons. The van der Waals surface area contributed by atoms with Crippen LogP contribution >= 0.6 is 0 Å². The van der Waals surface area contributed by atoms with Crippen LogP contribution in [-0.2, 0) is 10.2 Å². The Morgan fingerprint density at radius 3 is 2.34 bits per heavy atom. The Balaban J connectivity index is 2.84. The highest BCUT2D eigenvalue weighted by atomic mass is 16.6. The standard InChI is InChI=1S/C21H34N4O4/c1-10-11-14(2)15(12-13-25(9)19(27)29-21(6,7)8)22-16(26)17-23-24-18(28-17)20(3,4)5/h10-11,15H,1,12-13H2,2-9H3,(H,22,26)/b14-11+. The van der Waals surface area contributed by atoms with E-state index in [2.05, 4.69) is 22.1 Å². The summed E-state index contributed by atoms with van der Waals surface area (Å²) in [5.74, 6) is -0.163. The summed E-state index contributed by atoms with van der Waals surface area (Å²) in [4.78, 5) is 26.2. The van der Waals surface area contributed by atoms with Crippen molar-refractivity contribution < 1.29 is 18.7 Å². The molecule has 1 aromatic heterocycles. The van der Waals surface area contributed by atoms with Gasteiger partial charge in [0.2, 0.25) is 5.89 Å². The predicted octanol–water partition coefficient (Wildman–Crippen LogP) is 3.85. The first kappa shape index (κ1) is 24.4. The van der Waals surface area contributed by atoms with Crippen molar-refractivity contribution in [2.24, 2.45) is 0 Å². The summed E-state index contributed by atoms with van der Waals surface area (Å²) < 4.78 is 10.9. The predicted molar refractivity (Wildman–Crippen MR) is 112 cm³/mol. The van der Waals surface area contributed by atoms with Crippen molar-refractivity contribution in [2.75, 3.05) is 13.6 Å². The molecule has 8 nitrogen and oxygen atoms in total. The quantitative estimate of drug-likeness (QED) is 0.691. The first-order chi connectivity index (χ1) is 13.2. The van der Waals surface area contributed by atoms with E-state index in [1.807, 2.05) is 54.5 Å². The Kier molecular flexibility index (Phi) is 8.17. The third-order valence-corrected chi connectivity index (χ3v) is 3.95. The van der Waals surface area contributed by atoms with Crippen LogP contribution in [0.2, 0.25) is 0 Å². The first-order valence-electron chi connectivity index (χ1n) is 9.62. The number of hydrogen-bond donors (Lipinski definition) is 1. The third-order valence-electron chi connectivity index (χ3n) is 3.95. The van der Waals surface area contributed by atoms with Gasteiger partial charge in [0.15, 0.2) is 0 Å². The second-order valence-corrected chi connectivity index (χ2v) is 9.03. The molecule has 0 saturated heterocycles. The Morgan fingerprint density at radius 1 is 1.24 bits per heavy atom. The van der Waals surface area contributed by atoms with E-state index in [0.29, 0.717) is 18.9 Å². The lowest BCUT2D eigenvalue weighted by atomic mass is 9.97. The van der Waals surface area contributed by atoms with E-state index in [0.717, 1.165) is 5.57 Å². The Bertz CT molecular complexity index is 753. The highest BCUT2D eigenvalue weighted by Gasteiger charge is 2.26. The van der Waals surface area contributed by atoms with Crippen LogP contribution in [0.3, 0.4) is 0 Å². The number of ether oxygens (including phenoxy) is 1. The van der Waals surface area contributed by atoms with Gasteiger partial charge in [-0.15, -0.1) is 10.2 Å². The van der Waals surface area contributed by atoms with Crippen LogP contribution in [0.5, 0.6) is 0 Å². The zero-order valence-electron chi connectivity index (χ0n) is 18.8. The largest absolute Gasteiger partial charge is 0.444 e. The van der Waals surface area contributed by atoms with Gasteiger partial charge >= 0.3 is 17.9 Å². The van der Waals surface area contributed by atoms with Crippen molar-refractivity contribution in [2.45, 2.75) is 71.9 Å². The molecule has 0 fully saturated rings. The van der Waals surface area contributed by atoms with Crippen molar-refractivity contribution >= 4 is 12.0 Å². The fourth-order valence-corrected chi connectivity index (χ4v) is 2.31. The number of hydrogen-bond acceptors (Lipinski definition) is 6. The van der Waals surface area contributed by atoms with Gasteiger partial charge in [-0.1, -0.05) is 45.1 Å². The molecule has 0 saturated carbocycles. The fourth-order valence-electron chi connectivity index (χ4n) is 2.31. The molecule has 0 bridgehead atoms. The van der Waals surface area contributed by atoms with Gasteiger partial charge in [0.05, 0.1) is 6.04 Å². The number of aromatic nitrogens is 2. The van der Waals surface area contributed by atoms with Crippen molar-refractivity contribution in [3.8, 4) is 0 Å². The fraction of sp³-hybridized carbons (Fsp3) is 0.619. The number of nitrogens with one attached hydrogen (secondary N) is 1. The highest BCUT2D eigenvalue weighted by Crippen LogP contribution is 2.20. The van der Waals surface area contributed by atoms with Gasteiger partial charge in [-0.3, -0.25) is 4.79 Å². The molecule has 0 aliphatic heterocycles. The summed E-state index contributed by atoms with van der Waals surface area (Å²) in [6.07, 6.45) is 3.53. The van der Waals surface area contributed by atoms with Crippen LogP contribution < -0.4 is 5.32 Å². The Morgan fingerprint density at radius 2 is 1.86 bits per heavy atom. The minimum Gasteiger partial charge on any atom is -0.444 e. The van der Waals surface area contributed by atoms with Gasteiger partial charge in [-0.05, 0) is 34.1 Å². The van der Waals surface area contributed by atoms with Crippen molar-refractivity contribution in [1.82, 2.24) is 20.4 Å². The van der Waals surface area contributed by atoms with E-state index in [9.17, 15) is 9.59 Å². The normalized spacial score (nSPS) is 13.6. The summed E-state index contributed by atoms with van der Waals surface area (Å²) in [6.45, 7) is 17.2. The van der Waals surface area contributed by atoms with E-state index in [4.69, 9.17) is 9.15 Å². The molecular formula is C21H34N4O4. The summed E-state index contributed by atoms with van der Waals surface area (Å²) in [6, 6.07) is -0.338. The zero-order chi connectivity index (χ0) is 22.4. The molecule has 1 heterocycles. The molecule has 0 radical (unpaired) electrons. The zero-order valence-corrected chi connectivity index (χ0v) is 18.8. The van der Waals surface area contributed by atoms with Crippen molar-refractivity contribution in [3.05, 3.63) is 36.1 Å². The molecule has 0 aliphatic carbocycles. The molecule has 2 amide bonds. The second kappa shape index (κ2) is 9.71. The molecule has 1 unspecified atom stereocenters. The highest BCUT2D eigenvalue weighted by molar-refractivity contribution is 5.89. The molecule has 1 rings (SSSR count). The lowest BCUT2D eigenvalue weighted by Crippen LogP contribution is -2.40. The van der Waals surface area contributed by atoms with E-state index < -0.39 is 17.6 Å². The monoisotopic (exact) mass is 406 g/mol. The van der Waals surface area contributed by atoms with Crippen LogP contribution in [0.1, 0.15) is 71.5 Å². The van der Waals surface area contributed by atoms with Crippen LogP contribution in [0.4, 0.5) is 4.79 Å². The molecular weight excluding hydrogens is 372 g/mol. The first-order valence-corrected chi connectivity index (χ1v) is 9.62. The molecule has 0 aromatic carbocycles. The van der Waals surface area contributed by atoms with Crippen molar-refractivity contribution in [1.29, 1.82) is 0 Å². The Hall–Kier alpha value is -2.64. The molecule has 0 aliphatic rings. The molecule has 1 aromatic rings. The van der Waals surface area contributed by atoms with Crippen molar-refractivity contribution in [3.63, 3.8) is 0 Å². The number of nitrogens with zero attached hydrogens (tertiary/aromatic N) is 3. The number of rotatable bonds is 7. The molecule has 0 spiro atoms. The van der Waals surface area contributed by atoms with Gasteiger partial charge in [0.1, 0.15) is 5.60 Å². The van der Waals surface area contributed by atoms with E-state index in [1.54, 1.807) is 13.1 Å². The van der Waals surface area contributed by atoms with Gasteiger partial charge in [0, 0.05) is 19.0 Å². The average Bonchev–Trinajstić information content (AvgIpc) is 3.07. The molecule has 8 heteroatoms. The summed E-state index contributed by atoms with van der Waals surface area (Å²) >= 11 is 0. The minimum absolute atomic E-state index is 0.0909. The summed E-state index contributed by atoms with van der Waals surface area (Å²) in [5.41, 5.74) is -0.0263. The van der Waals surface area contributed by atoms with Crippen LogP contribution in [0.25, 0.3) is 0 Å².